The first-order chi connectivity index (χ1) is 10.8. The van der Waals surface area contributed by atoms with E-state index in [2.05, 4.69) is 5.32 Å². The van der Waals surface area contributed by atoms with Crippen LogP contribution in [0, 0.1) is 5.92 Å². The molecule has 0 saturated carbocycles. The van der Waals surface area contributed by atoms with Crippen molar-refractivity contribution in [3.63, 3.8) is 0 Å². The van der Waals surface area contributed by atoms with Gasteiger partial charge in [-0.15, -0.1) is 0 Å². The first kappa shape index (κ1) is 18.2. The third kappa shape index (κ3) is 4.43. The average Bonchev–Trinajstić information content (AvgIpc) is 2.51. The normalized spacial score (nSPS) is 15.4. The van der Waals surface area contributed by atoms with Crippen LogP contribution in [0.1, 0.15) is 12.8 Å². The van der Waals surface area contributed by atoms with E-state index in [9.17, 15) is 9.59 Å². The molecule has 1 N–H and O–H groups in total. The van der Waals surface area contributed by atoms with Gasteiger partial charge in [-0.1, -0.05) is 34.8 Å². The second kappa shape index (κ2) is 7.60. The van der Waals surface area contributed by atoms with Crippen molar-refractivity contribution in [3.8, 4) is 0 Å². The van der Waals surface area contributed by atoms with E-state index >= 15 is 0 Å². The largest absolute Gasteiger partial charge is 0.331 e. The average molecular weight is 379 g/mol. The molecule has 0 bridgehead atoms. The number of benzene rings is 1. The van der Waals surface area contributed by atoms with E-state index in [1.807, 2.05) is 0 Å². The van der Waals surface area contributed by atoms with Crippen LogP contribution in [-0.2, 0) is 4.79 Å². The highest BCUT2D eigenvalue weighted by molar-refractivity contribution is 6.44. The maximum atomic E-state index is 12.4. The van der Waals surface area contributed by atoms with Gasteiger partial charge in [0.2, 0.25) is 5.91 Å². The lowest BCUT2D eigenvalue weighted by Crippen LogP contribution is -2.45. The number of nitrogens with one attached hydrogen (secondary N) is 1. The number of anilines is 1. The third-order valence-corrected chi connectivity index (χ3v) is 4.82. The molecule has 0 radical (unpaired) electrons. The number of hydrogen-bond donors (Lipinski definition) is 1. The molecule has 1 saturated heterocycles. The number of hydrogen-bond acceptors (Lipinski definition) is 2. The molecule has 0 atom stereocenters. The zero-order chi connectivity index (χ0) is 17.1. The van der Waals surface area contributed by atoms with Gasteiger partial charge >= 0.3 is 6.03 Å². The molecule has 2 rings (SSSR count). The van der Waals surface area contributed by atoms with Gasteiger partial charge in [-0.25, -0.2) is 4.79 Å². The summed E-state index contributed by atoms with van der Waals surface area (Å²) in [7, 11) is 3.43. The Hall–Kier alpha value is -1.17. The summed E-state index contributed by atoms with van der Waals surface area (Å²) in [5, 5.41) is 3.80. The topological polar surface area (TPSA) is 52.7 Å². The van der Waals surface area contributed by atoms with Gasteiger partial charge in [0, 0.05) is 33.1 Å². The summed E-state index contributed by atoms with van der Waals surface area (Å²) in [6, 6.07) is 3.00. The second-order valence-corrected chi connectivity index (χ2v) is 6.90. The number of nitrogens with zero attached hydrogens (tertiary/aromatic N) is 2. The van der Waals surface area contributed by atoms with E-state index in [1.54, 1.807) is 19.0 Å². The van der Waals surface area contributed by atoms with E-state index in [0.717, 1.165) is 0 Å². The number of rotatable bonds is 2. The molecule has 0 aliphatic carbocycles. The van der Waals surface area contributed by atoms with Crippen molar-refractivity contribution < 1.29 is 9.59 Å². The lowest BCUT2D eigenvalue weighted by Gasteiger charge is -2.33. The van der Waals surface area contributed by atoms with Gasteiger partial charge in [0.1, 0.15) is 0 Å². The SMILES string of the molecule is CN(C)C(=O)N1CCC(C(=O)Nc2cc(Cl)c(Cl)cc2Cl)CC1. The monoisotopic (exact) mass is 377 g/mol. The molecule has 23 heavy (non-hydrogen) atoms. The molecule has 1 fully saturated rings. The summed E-state index contributed by atoms with van der Waals surface area (Å²) in [5.74, 6) is -0.283. The zero-order valence-corrected chi connectivity index (χ0v) is 15.2. The quantitative estimate of drug-likeness (QED) is 0.791. The maximum Gasteiger partial charge on any atom is 0.319 e. The van der Waals surface area contributed by atoms with Crippen molar-refractivity contribution in [1.82, 2.24) is 9.80 Å². The number of halogens is 3. The molecule has 126 valence electrons. The Bertz CT molecular complexity index is 614. The Morgan fingerprint density at radius 1 is 1.09 bits per heavy atom. The van der Waals surface area contributed by atoms with E-state index in [0.29, 0.717) is 46.7 Å². The van der Waals surface area contributed by atoms with Gasteiger partial charge in [-0.2, -0.15) is 0 Å². The summed E-state index contributed by atoms with van der Waals surface area (Å²) in [6.45, 7) is 1.12. The minimum absolute atomic E-state index is 0.0311. The molecule has 8 heteroatoms. The highest BCUT2D eigenvalue weighted by Crippen LogP contribution is 2.33. The van der Waals surface area contributed by atoms with E-state index in [1.165, 1.54) is 17.0 Å². The van der Waals surface area contributed by atoms with Crippen LogP contribution in [-0.4, -0.2) is 48.9 Å². The number of carbonyl (C=O) groups is 2. The minimum Gasteiger partial charge on any atom is -0.331 e. The Morgan fingerprint density at radius 2 is 1.65 bits per heavy atom. The van der Waals surface area contributed by atoms with Gasteiger partial charge < -0.3 is 15.1 Å². The van der Waals surface area contributed by atoms with Crippen LogP contribution in [0.25, 0.3) is 0 Å². The summed E-state index contributed by atoms with van der Waals surface area (Å²) in [4.78, 5) is 27.5. The summed E-state index contributed by atoms with van der Waals surface area (Å²) in [6.07, 6.45) is 1.23. The number of likely N-dealkylation sites (tertiary alicyclic amines) is 1. The number of carbonyl (C=O) groups excluding carboxylic acids is 2. The maximum absolute atomic E-state index is 12.4. The fourth-order valence-corrected chi connectivity index (χ4v) is 3.06. The molecular formula is C15H18Cl3N3O2. The van der Waals surface area contributed by atoms with Crippen LogP contribution in [0.5, 0.6) is 0 Å². The lowest BCUT2D eigenvalue weighted by molar-refractivity contribution is -0.121. The van der Waals surface area contributed by atoms with Gasteiger partial charge in [0.15, 0.2) is 0 Å². The first-order valence-corrected chi connectivity index (χ1v) is 8.34. The molecule has 1 aromatic rings. The third-order valence-electron chi connectivity index (χ3n) is 3.79. The molecule has 1 aliphatic heterocycles. The van der Waals surface area contributed by atoms with E-state index in [-0.39, 0.29) is 17.9 Å². The molecule has 1 heterocycles. The summed E-state index contributed by atoms with van der Waals surface area (Å²) >= 11 is 17.9. The summed E-state index contributed by atoms with van der Waals surface area (Å²) in [5.41, 5.74) is 0.442. The molecule has 0 aromatic heterocycles. The van der Waals surface area contributed by atoms with Crippen molar-refractivity contribution in [3.05, 3.63) is 27.2 Å². The van der Waals surface area contributed by atoms with Crippen molar-refractivity contribution >= 4 is 52.4 Å². The molecule has 1 aliphatic rings. The molecule has 1 aromatic carbocycles. The number of piperidine rings is 1. The van der Waals surface area contributed by atoms with Gasteiger partial charge in [0.05, 0.1) is 20.8 Å². The standard InChI is InChI=1S/C15H18Cl3N3O2/c1-20(2)15(23)21-5-3-9(4-6-21)14(22)19-13-8-11(17)10(16)7-12(13)18/h7-9H,3-6H2,1-2H3,(H,19,22). The molecule has 3 amide bonds. The van der Waals surface area contributed by atoms with Gasteiger partial charge in [0.25, 0.3) is 0 Å². The van der Waals surface area contributed by atoms with Crippen LogP contribution in [0.3, 0.4) is 0 Å². The highest BCUT2D eigenvalue weighted by atomic mass is 35.5. The second-order valence-electron chi connectivity index (χ2n) is 5.67. The van der Waals surface area contributed by atoms with Crippen molar-refractivity contribution in [2.24, 2.45) is 5.92 Å². The highest BCUT2D eigenvalue weighted by Gasteiger charge is 2.28. The van der Waals surface area contributed by atoms with Crippen LogP contribution >= 0.6 is 34.8 Å². The smallest absolute Gasteiger partial charge is 0.319 e. The van der Waals surface area contributed by atoms with Crippen molar-refractivity contribution in [1.29, 1.82) is 0 Å². The zero-order valence-electron chi connectivity index (χ0n) is 12.9. The predicted octanol–water partition coefficient (Wildman–Crippen LogP) is 3.98. The van der Waals surface area contributed by atoms with Gasteiger partial charge in [-0.3, -0.25) is 4.79 Å². The molecular weight excluding hydrogens is 361 g/mol. The number of amides is 3. The summed E-state index contributed by atoms with van der Waals surface area (Å²) < 4.78 is 0. The van der Waals surface area contributed by atoms with Crippen LogP contribution in [0.2, 0.25) is 15.1 Å². The first-order valence-electron chi connectivity index (χ1n) is 7.21. The molecule has 0 unspecified atom stereocenters. The lowest BCUT2D eigenvalue weighted by atomic mass is 9.96. The number of urea groups is 1. The van der Waals surface area contributed by atoms with Crippen LogP contribution in [0.4, 0.5) is 10.5 Å². The van der Waals surface area contributed by atoms with Crippen LogP contribution < -0.4 is 5.32 Å². The Morgan fingerprint density at radius 3 is 2.22 bits per heavy atom. The fourth-order valence-electron chi connectivity index (χ4n) is 2.47. The predicted molar refractivity (Wildman–Crippen MR) is 93.5 cm³/mol. The van der Waals surface area contributed by atoms with Crippen LogP contribution in [0.15, 0.2) is 12.1 Å². The van der Waals surface area contributed by atoms with Crippen molar-refractivity contribution in [2.45, 2.75) is 12.8 Å². The molecule has 0 spiro atoms. The Balaban J connectivity index is 1.96. The Labute approximate surface area is 150 Å². The van der Waals surface area contributed by atoms with Gasteiger partial charge in [-0.05, 0) is 25.0 Å². The minimum atomic E-state index is -0.160. The van der Waals surface area contributed by atoms with Crippen molar-refractivity contribution in [2.75, 3.05) is 32.5 Å². The van der Waals surface area contributed by atoms with E-state index in [4.69, 9.17) is 34.8 Å². The fraction of sp³-hybridized carbons (Fsp3) is 0.467. The molecule has 5 nitrogen and oxygen atoms in total. The van der Waals surface area contributed by atoms with E-state index < -0.39 is 0 Å². The Kier molecular flexibility index (Phi) is 6.00.